The molecule has 3 rings (SSSR count). The zero-order valence-corrected chi connectivity index (χ0v) is 14.7. The lowest BCUT2D eigenvalue weighted by atomic mass is 10.2. The Labute approximate surface area is 141 Å². The first-order chi connectivity index (χ1) is 11.4. The van der Waals surface area contributed by atoms with Crippen molar-refractivity contribution in [1.82, 2.24) is 14.7 Å². The van der Waals surface area contributed by atoms with Gasteiger partial charge in [0.2, 0.25) is 15.0 Å². The van der Waals surface area contributed by atoms with Gasteiger partial charge in [-0.15, -0.1) is 0 Å². The normalized spacial score (nSPS) is 11.8. The van der Waals surface area contributed by atoms with Gasteiger partial charge >= 0.3 is 0 Å². The Morgan fingerprint density at radius 1 is 1.21 bits per heavy atom. The summed E-state index contributed by atoms with van der Waals surface area (Å²) in [5.41, 5.74) is 2.91. The third kappa shape index (κ3) is 2.87. The van der Waals surface area contributed by atoms with Crippen LogP contribution in [0.25, 0.3) is 11.3 Å². The number of hydrogen-bond acceptors (Lipinski definition) is 5. The molecule has 0 N–H and O–H groups in total. The van der Waals surface area contributed by atoms with Crippen molar-refractivity contribution in [2.75, 3.05) is 0 Å². The van der Waals surface area contributed by atoms with Crippen LogP contribution in [0.1, 0.15) is 23.9 Å². The van der Waals surface area contributed by atoms with E-state index in [2.05, 4.69) is 10.1 Å². The number of aryl methyl sites for hydroxylation is 2. The summed E-state index contributed by atoms with van der Waals surface area (Å²) in [7, 11) is -1.89. The van der Waals surface area contributed by atoms with Crippen molar-refractivity contribution in [3.05, 3.63) is 53.5 Å². The average Bonchev–Trinajstić information content (AvgIpc) is 3.12. The van der Waals surface area contributed by atoms with Crippen LogP contribution < -0.4 is 0 Å². The summed E-state index contributed by atoms with van der Waals surface area (Å²) in [6.45, 7) is 3.66. The van der Waals surface area contributed by atoms with Gasteiger partial charge in [-0.25, -0.2) is 13.4 Å². The predicted octanol–water partition coefficient (Wildman–Crippen LogP) is 2.92. The lowest BCUT2D eigenvalue weighted by molar-refractivity contribution is 0.382. The van der Waals surface area contributed by atoms with Crippen LogP contribution in [0.3, 0.4) is 0 Å². The van der Waals surface area contributed by atoms with Crippen LogP contribution in [-0.4, -0.2) is 23.1 Å². The van der Waals surface area contributed by atoms with E-state index in [0.29, 0.717) is 23.4 Å². The Kier molecular flexibility index (Phi) is 4.28. The molecule has 7 heteroatoms. The van der Waals surface area contributed by atoms with Crippen molar-refractivity contribution < 1.29 is 12.9 Å². The largest absolute Gasteiger partial charge is 0.361 e. The fourth-order valence-corrected chi connectivity index (χ4v) is 4.32. The Morgan fingerprint density at radius 2 is 1.92 bits per heavy atom. The van der Waals surface area contributed by atoms with E-state index >= 15 is 0 Å². The minimum atomic E-state index is -3.60. The highest BCUT2D eigenvalue weighted by atomic mass is 32.2. The summed E-state index contributed by atoms with van der Waals surface area (Å²) in [4.78, 5) is 4.15. The van der Waals surface area contributed by atoms with E-state index in [1.165, 1.54) is 0 Å². The zero-order valence-electron chi connectivity index (χ0n) is 13.9. The fraction of sp³-hybridized carbons (Fsp3) is 0.294. The first-order valence-corrected chi connectivity index (χ1v) is 9.33. The molecular weight excluding hydrogens is 326 g/mol. The van der Waals surface area contributed by atoms with Gasteiger partial charge < -0.3 is 9.09 Å². The molecule has 0 spiro atoms. The zero-order chi connectivity index (χ0) is 17.3. The van der Waals surface area contributed by atoms with Gasteiger partial charge in [0.1, 0.15) is 5.76 Å². The molecule has 2 heterocycles. The van der Waals surface area contributed by atoms with Gasteiger partial charge in [-0.2, -0.15) is 0 Å². The molecule has 1 aromatic carbocycles. The van der Waals surface area contributed by atoms with Crippen LogP contribution in [0.4, 0.5) is 0 Å². The highest BCUT2D eigenvalue weighted by Crippen LogP contribution is 2.25. The van der Waals surface area contributed by atoms with Crippen LogP contribution in [-0.2, 0) is 29.1 Å². The SMILES string of the molecule is CCc1onc(C)c1CS(=O)(=O)c1ncc(-c2ccccc2)n1C. The smallest absolute Gasteiger partial charge is 0.228 e. The Balaban J connectivity index is 1.99. The van der Waals surface area contributed by atoms with Crippen LogP contribution >= 0.6 is 0 Å². The maximum absolute atomic E-state index is 12.8. The third-order valence-electron chi connectivity index (χ3n) is 4.01. The molecule has 0 saturated heterocycles. The Morgan fingerprint density at radius 3 is 2.58 bits per heavy atom. The Hall–Kier alpha value is -2.41. The summed E-state index contributed by atoms with van der Waals surface area (Å²) < 4.78 is 32.5. The molecule has 126 valence electrons. The molecule has 3 aromatic rings. The lowest BCUT2D eigenvalue weighted by Gasteiger charge is -2.07. The lowest BCUT2D eigenvalue weighted by Crippen LogP contribution is -2.12. The summed E-state index contributed by atoms with van der Waals surface area (Å²) in [6.07, 6.45) is 2.19. The topological polar surface area (TPSA) is 78.0 Å². The molecule has 0 radical (unpaired) electrons. The molecule has 0 saturated carbocycles. The number of sulfone groups is 1. The van der Waals surface area contributed by atoms with Crippen molar-refractivity contribution in [2.24, 2.45) is 7.05 Å². The van der Waals surface area contributed by atoms with Crippen LogP contribution in [0.15, 0.2) is 46.2 Å². The number of nitrogens with zero attached hydrogens (tertiary/aromatic N) is 3. The van der Waals surface area contributed by atoms with Gasteiger partial charge in [0.05, 0.1) is 23.3 Å². The minimum absolute atomic E-state index is 0.0454. The van der Waals surface area contributed by atoms with E-state index in [9.17, 15) is 8.42 Å². The summed E-state index contributed by atoms with van der Waals surface area (Å²) in [6, 6.07) is 9.58. The maximum Gasteiger partial charge on any atom is 0.228 e. The van der Waals surface area contributed by atoms with E-state index < -0.39 is 9.84 Å². The number of hydrogen-bond donors (Lipinski definition) is 0. The monoisotopic (exact) mass is 345 g/mol. The van der Waals surface area contributed by atoms with E-state index in [1.807, 2.05) is 37.3 Å². The second-order valence-electron chi connectivity index (χ2n) is 5.63. The van der Waals surface area contributed by atoms with Crippen LogP contribution in [0.2, 0.25) is 0 Å². The van der Waals surface area contributed by atoms with Gasteiger partial charge in [0, 0.05) is 19.0 Å². The maximum atomic E-state index is 12.8. The van der Waals surface area contributed by atoms with Crippen molar-refractivity contribution in [1.29, 1.82) is 0 Å². The number of imidazole rings is 1. The van der Waals surface area contributed by atoms with Gasteiger partial charge in [0.15, 0.2) is 0 Å². The van der Waals surface area contributed by atoms with E-state index in [1.54, 1.807) is 24.7 Å². The molecular formula is C17H19N3O3S. The van der Waals surface area contributed by atoms with Crippen molar-refractivity contribution >= 4 is 9.84 Å². The summed E-state index contributed by atoms with van der Waals surface area (Å²) >= 11 is 0. The molecule has 0 fully saturated rings. The van der Waals surface area contributed by atoms with Gasteiger partial charge in [0.25, 0.3) is 0 Å². The number of benzene rings is 1. The number of rotatable bonds is 5. The van der Waals surface area contributed by atoms with Crippen molar-refractivity contribution in [2.45, 2.75) is 31.2 Å². The minimum Gasteiger partial charge on any atom is -0.361 e. The van der Waals surface area contributed by atoms with E-state index in [-0.39, 0.29) is 10.9 Å². The molecule has 2 aromatic heterocycles. The molecule has 0 aliphatic carbocycles. The first-order valence-electron chi connectivity index (χ1n) is 7.68. The van der Waals surface area contributed by atoms with Crippen molar-refractivity contribution in [3.63, 3.8) is 0 Å². The van der Waals surface area contributed by atoms with E-state index in [0.717, 1.165) is 11.3 Å². The second-order valence-corrected chi connectivity index (χ2v) is 7.52. The highest BCUT2D eigenvalue weighted by Gasteiger charge is 2.26. The second kappa shape index (κ2) is 6.24. The van der Waals surface area contributed by atoms with Crippen LogP contribution in [0.5, 0.6) is 0 Å². The Bertz CT molecular complexity index is 956. The third-order valence-corrected chi connectivity index (χ3v) is 5.62. The van der Waals surface area contributed by atoms with Gasteiger partial charge in [-0.1, -0.05) is 42.4 Å². The quantitative estimate of drug-likeness (QED) is 0.710. The van der Waals surface area contributed by atoms with E-state index in [4.69, 9.17) is 4.52 Å². The van der Waals surface area contributed by atoms with Crippen molar-refractivity contribution in [3.8, 4) is 11.3 Å². The molecule has 0 aliphatic heterocycles. The fourth-order valence-electron chi connectivity index (χ4n) is 2.71. The first kappa shape index (κ1) is 16.4. The summed E-state index contributed by atoms with van der Waals surface area (Å²) in [5, 5.41) is 3.92. The van der Waals surface area contributed by atoms with Gasteiger partial charge in [-0.3, -0.25) is 0 Å². The van der Waals surface area contributed by atoms with Crippen LogP contribution in [0, 0.1) is 6.92 Å². The molecule has 0 atom stereocenters. The molecule has 0 amide bonds. The standard InChI is InChI=1S/C17H19N3O3S/c1-4-16-14(12(2)19-23-16)11-24(21,22)17-18-10-15(20(17)3)13-8-6-5-7-9-13/h5-10H,4,11H2,1-3H3. The molecule has 0 aliphatic rings. The van der Waals surface area contributed by atoms with Gasteiger partial charge in [-0.05, 0) is 12.5 Å². The predicted molar refractivity (Wildman–Crippen MR) is 90.2 cm³/mol. The highest BCUT2D eigenvalue weighted by molar-refractivity contribution is 7.90. The molecule has 6 nitrogen and oxygen atoms in total. The molecule has 0 bridgehead atoms. The average molecular weight is 345 g/mol. The molecule has 0 unspecified atom stereocenters. The molecule has 24 heavy (non-hydrogen) atoms. The summed E-state index contributed by atoms with van der Waals surface area (Å²) in [5.74, 6) is 0.443. The number of aromatic nitrogens is 3.